The van der Waals surface area contributed by atoms with Gasteiger partial charge < -0.3 is 5.11 Å². The molecule has 2 heterocycles. The van der Waals surface area contributed by atoms with Crippen LogP contribution < -0.4 is 0 Å². The molecule has 2 aromatic heterocycles. The van der Waals surface area contributed by atoms with E-state index in [4.69, 9.17) is 0 Å². The summed E-state index contributed by atoms with van der Waals surface area (Å²) in [5.74, 6) is -5.19. The zero-order chi connectivity index (χ0) is 17.6. The number of aromatic nitrogens is 3. The Hall–Kier alpha value is -2.90. The van der Waals surface area contributed by atoms with Gasteiger partial charge in [0.05, 0.1) is 11.1 Å². The van der Waals surface area contributed by atoms with Crippen molar-refractivity contribution in [2.45, 2.75) is 19.8 Å². The molecular formula is C16H12F3N3O2. The molecule has 0 bridgehead atoms. The highest BCUT2D eigenvalue weighted by atomic mass is 19.2. The number of rotatable bonds is 3. The lowest BCUT2D eigenvalue weighted by Gasteiger charge is -2.11. The summed E-state index contributed by atoms with van der Waals surface area (Å²) < 4.78 is 42.7. The van der Waals surface area contributed by atoms with Crippen molar-refractivity contribution < 1.29 is 23.1 Å². The van der Waals surface area contributed by atoms with Crippen LogP contribution in [0.25, 0.3) is 17.0 Å². The Morgan fingerprint density at radius 1 is 1.12 bits per heavy atom. The maximum absolute atomic E-state index is 14.0. The first kappa shape index (κ1) is 16.0. The monoisotopic (exact) mass is 335 g/mol. The van der Waals surface area contributed by atoms with E-state index in [9.17, 15) is 23.1 Å². The smallest absolute Gasteiger partial charge is 0.336 e. The highest BCUT2D eigenvalue weighted by molar-refractivity contribution is 5.91. The number of halogens is 3. The van der Waals surface area contributed by atoms with E-state index in [0.29, 0.717) is 11.6 Å². The molecule has 0 aliphatic rings. The Kier molecular flexibility index (Phi) is 3.75. The number of fused-ring (bicyclic) bond motifs is 1. The van der Waals surface area contributed by atoms with Crippen molar-refractivity contribution in [3.8, 4) is 11.4 Å². The molecule has 0 aliphatic heterocycles. The molecule has 0 unspecified atom stereocenters. The van der Waals surface area contributed by atoms with Crippen LogP contribution in [-0.2, 0) is 0 Å². The maximum Gasteiger partial charge on any atom is 0.336 e. The predicted molar refractivity (Wildman–Crippen MR) is 79.3 cm³/mol. The van der Waals surface area contributed by atoms with Crippen molar-refractivity contribution in [3.05, 3.63) is 53.0 Å². The fraction of sp³-hybridized carbons (Fsp3) is 0.188. The van der Waals surface area contributed by atoms with E-state index in [0.717, 1.165) is 6.07 Å². The molecule has 8 heteroatoms. The van der Waals surface area contributed by atoms with Crippen LogP contribution in [0.15, 0.2) is 24.4 Å². The van der Waals surface area contributed by atoms with Gasteiger partial charge in [-0.25, -0.2) is 18.0 Å². The van der Waals surface area contributed by atoms with Gasteiger partial charge in [-0.15, -0.1) is 10.2 Å². The summed E-state index contributed by atoms with van der Waals surface area (Å²) in [6.07, 6.45) is 1.30. The minimum Gasteiger partial charge on any atom is -0.478 e. The van der Waals surface area contributed by atoms with Gasteiger partial charge in [-0.1, -0.05) is 13.8 Å². The Balaban J connectivity index is 2.37. The molecule has 24 heavy (non-hydrogen) atoms. The maximum atomic E-state index is 14.0. The average molecular weight is 335 g/mol. The number of benzene rings is 1. The third kappa shape index (κ3) is 2.31. The third-order valence-corrected chi connectivity index (χ3v) is 3.69. The molecule has 1 aromatic carbocycles. The number of aromatic carboxylic acids is 1. The zero-order valence-electron chi connectivity index (χ0n) is 12.7. The van der Waals surface area contributed by atoms with Crippen LogP contribution in [-0.4, -0.2) is 25.7 Å². The Labute approximate surface area is 134 Å². The van der Waals surface area contributed by atoms with Gasteiger partial charge in [-0.3, -0.25) is 4.40 Å². The second-order valence-corrected chi connectivity index (χ2v) is 5.54. The topological polar surface area (TPSA) is 67.5 Å². The van der Waals surface area contributed by atoms with E-state index in [1.807, 2.05) is 0 Å². The van der Waals surface area contributed by atoms with Gasteiger partial charge in [0.2, 0.25) is 0 Å². The Morgan fingerprint density at radius 3 is 2.42 bits per heavy atom. The van der Waals surface area contributed by atoms with Crippen LogP contribution in [0.1, 0.15) is 35.7 Å². The highest BCUT2D eigenvalue weighted by Gasteiger charge is 2.24. The summed E-state index contributed by atoms with van der Waals surface area (Å²) in [6.45, 7) is 3.53. The lowest BCUT2D eigenvalue weighted by molar-refractivity contribution is 0.0695. The Morgan fingerprint density at radius 2 is 1.79 bits per heavy atom. The van der Waals surface area contributed by atoms with E-state index in [1.54, 1.807) is 13.8 Å². The summed E-state index contributed by atoms with van der Waals surface area (Å²) in [5, 5.41) is 16.9. The Bertz CT molecular complexity index is 967. The standard InChI is InChI=1S/C16H12F3N3O2/c1-7(2)11-8(16(23)24)5-6-22-14(11)20-21-15(22)12-9(17)3-4-10(18)13(12)19/h3-7H,1-2H3,(H,23,24). The van der Waals surface area contributed by atoms with Crippen molar-refractivity contribution in [2.24, 2.45) is 0 Å². The summed E-state index contributed by atoms with van der Waals surface area (Å²) >= 11 is 0. The molecule has 0 radical (unpaired) electrons. The van der Waals surface area contributed by atoms with E-state index in [-0.39, 0.29) is 23.0 Å². The molecule has 3 aromatic rings. The number of nitrogens with zero attached hydrogens (tertiary/aromatic N) is 3. The van der Waals surface area contributed by atoms with Gasteiger partial charge in [0.15, 0.2) is 23.1 Å². The first-order valence-electron chi connectivity index (χ1n) is 7.07. The number of carboxylic acids is 1. The normalized spacial score (nSPS) is 11.4. The second-order valence-electron chi connectivity index (χ2n) is 5.54. The molecule has 0 amide bonds. The summed E-state index contributed by atoms with van der Waals surface area (Å²) in [5.41, 5.74) is -0.0964. The van der Waals surface area contributed by atoms with Crippen molar-refractivity contribution in [1.29, 1.82) is 0 Å². The zero-order valence-corrected chi connectivity index (χ0v) is 12.7. The quantitative estimate of drug-likeness (QED) is 0.742. The molecule has 0 spiro atoms. The molecule has 124 valence electrons. The SMILES string of the molecule is CC(C)c1c(C(=O)O)ccn2c(-c3c(F)ccc(F)c3F)nnc12. The van der Waals surface area contributed by atoms with Crippen LogP contribution in [0.5, 0.6) is 0 Å². The van der Waals surface area contributed by atoms with Gasteiger partial charge in [-0.2, -0.15) is 0 Å². The molecule has 0 saturated carbocycles. The van der Waals surface area contributed by atoms with Crippen molar-refractivity contribution in [3.63, 3.8) is 0 Å². The first-order valence-corrected chi connectivity index (χ1v) is 7.07. The third-order valence-electron chi connectivity index (χ3n) is 3.69. The van der Waals surface area contributed by atoms with E-state index < -0.39 is 29.0 Å². The minimum absolute atomic E-state index is 0.0247. The van der Waals surface area contributed by atoms with Crippen molar-refractivity contribution in [2.75, 3.05) is 0 Å². The van der Waals surface area contributed by atoms with Crippen LogP contribution in [0.2, 0.25) is 0 Å². The summed E-state index contributed by atoms with van der Waals surface area (Å²) in [4.78, 5) is 11.4. The average Bonchev–Trinajstić information content (AvgIpc) is 2.94. The lowest BCUT2D eigenvalue weighted by Crippen LogP contribution is -2.07. The molecule has 0 atom stereocenters. The van der Waals surface area contributed by atoms with Gasteiger partial charge in [-0.05, 0) is 24.1 Å². The second kappa shape index (κ2) is 5.63. The van der Waals surface area contributed by atoms with E-state index in [2.05, 4.69) is 10.2 Å². The van der Waals surface area contributed by atoms with Crippen molar-refractivity contribution in [1.82, 2.24) is 14.6 Å². The molecule has 0 aliphatic carbocycles. The molecule has 0 fully saturated rings. The van der Waals surface area contributed by atoms with Gasteiger partial charge in [0.25, 0.3) is 0 Å². The summed E-state index contributed by atoms with van der Waals surface area (Å²) in [6, 6.07) is 2.77. The predicted octanol–water partition coefficient (Wildman–Crippen LogP) is 3.64. The highest BCUT2D eigenvalue weighted by Crippen LogP contribution is 2.30. The lowest BCUT2D eigenvalue weighted by atomic mass is 9.98. The van der Waals surface area contributed by atoms with Crippen LogP contribution in [0.3, 0.4) is 0 Å². The van der Waals surface area contributed by atoms with E-state index in [1.165, 1.54) is 16.7 Å². The fourth-order valence-electron chi connectivity index (χ4n) is 2.63. The van der Waals surface area contributed by atoms with Crippen LogP contribution >= 0.6 is 0 Å². The van der Waals surface area contributed by atoms with Crippen LogP contribution in [0, 0.1) is 17.5 Å². The first-order chi connectivity index (χ1) is 11.3. The molecule has 5 nitrogen and oxygen atoms in total. The number of hydrogen-bond donors (Lipinski definition) is 1. The fourth-order valence-corrected chi connectivity index (χ4v) is 2.63. The largest absolute Gasteiger partial charge is 0.478 e. The van der Waals surface area contributed by atoms with E-state index >= 15 is 0 Å². The van der Waals surface area contributed by atoms with Gasteiger partial charge >= 0.3 is 5.97 Å². The number of carbonyl (C=O) groups is 1. The number of carboxylic acid groups (broad SMARTS) is 1. The summed E-state index contributed by atoms with van der Waals surface area (Å²) in [7, 11) is 0. The number of pyridine rings is 1. The molecule has 3 rings (SSSR count). The molecular weight excluding hydrogens is 323 g/mol. The van der Waals surface area contributed by atoms with Gasteiger partial charge in [0.1, 0.15) is 5.82 Å². The minimum atomic E-state index is -1.38. The number of hydrogen-bond acceptors (Lipinski definition) is 3. The van der Waals surface area contributed by atoms with Crippen LogP contribution in [0.4, 0.5) is 13.2 Å². The molecule has 0 saturated heterocycles. The molecule has 1 N–H and O–H groups in total. The van der Waals surface area contributed by atoms with Crippen molar-refractivity contribution >= 4 is 11.6 Å². The van der Waals surface area contributed by atoms with Gasteiger partial charge in [0, 0.05) is 11.8 Å².